The third kappa shape index (κ3) is 3.70. The fraction of sp³-hybridized carbons (Fsp3) is 0.545. The summed E-state index contributed by atoms with van der Waals surface area (Å²) in [4.78, 5) is 11.7. The lowest BCUT2D eigenvalue weighted by atomic mass is 10.1. The SMILES string of the molecule is CCCC(CC)NC(=O)c1ccc(Br)o1. The van der Waals surface area contributed by atoms with E-state index in [2.05, 4.69) is 35.1 Å². The van der Waals surface area contributed by atoms with Crippen molar-refractivity contribution < 1.29 is 9.21 Å². The van der Waals surface area contributed by atoms with E-state index in [0.717, 1.165) is 19.3 Å². The molecule has 1 aromatic heterocycles. The van der Waals surface area contributed by atoms with Crippen LogP contribution in [0.25, 0.3) is 0 Å². The molecule has 0 aromatic carbocycles. The van der Waals surface area contributed by atoms with Crippen molar-refractivity contribution in [1.29, 1.82) is 0 Å². The van der Waals surface area contributed by atoms with Crippen LogP contribution in [0.5, 0.6) is 0 Å². The van der Waals surface area contributed by atoms with E-state index >= 15 is 0 Å². The van der Waals surface area contributed by atoms with Gasteiger partial charge >= 0.3 is 0 Å². The predicted octanol–water partition coefficient (Wildman–Crippen LogP) is 3.35. The van der Waals surface area contributed by atoms with E-state index in [0.29, 0.717) is 10.4 Å². The summed E-state index contributed by atoms with van der Waals surface area (Å²) in [5, 5.41) is 2.94. The van der Waals surface area contributed by atoms with Gasteiger partial charge in [-0.2, -0.15) is 0 Å². The Morgan fingerprint density at radius 1 is 1.53 bits per heavy atom. The fourth-order valence-corrected chi connectivity index (χ4v) is 1.73. The number of rotatable bonds is 5. The molecule has 1 rings (SSSR count). The Bertz CT molecular complexity index is 322. The molecular formula is C11H16BrNO2. The molecule has 0 bridgehead atoms. The van der Waals surface area contributed by atoms with Crippen LogP contribution < -0.4 is 5.32 Å². The molecule has 84 valence electrons. The van der Waals surface area contributed by atoms with Crippen molar-refractivity contribution in [3.63, 3.8) is 0 Å². The Morgan fingerprint density at radius 2 is 2.27 bits per heavy atom. The van der Waals surface area contributed by atoms with Crippen LogP contribution in [0.4, 0.5) is 0 Å². The Hall–Kier alpha value is -0.770. The second-order valence-electron chi connectivity index (χ2n) is 3.47. The third-order valence-corrected chi connectivity index (χ3v) is 2.69. The largest absolute Gasteiger partial charge is 0.444 e. The summed E-state index contributed by atoms with van der Waals surface area (Å²) in [6, 6.07) is 3.62. The van der Waals surface area contributed by atoms with Crippen molar-refractivity contribution >= 4 is 21.8 Å². The lowest BCUT2D eigenvalue weighted by molar-refractivity contribution is 0.0904. The number of furan rings is 1. The van der Waals surface area contributed by atoms with Crippen molar-refractivity contribution in [2.45, 2.75) is 39.2 Å². The van der Waals surface area contributed by atoms with Gasteiger partial charge < -0.3 is 9.73 Å². The summed E-state index contributed by atoms with van der Waals surface area (Å²) in [5.41, 5.74) is 0. The molecule has 0 aliphatic heterocycles. The van der Waals surface area contributed by atoms with E-state index in [1.165, 1.54) is 0 Å². The minimum atomic E-state index is -0.138. The van der Waals surface area contributed by atoms with E-state index in [1.54, 1.807) is 12.1 Å². The van der Waals surface area contributed by atoms with Gasteiger partial charge in [0.1, 0.15) is 0 Å². The summed E-state index contributed by atoms with van der Waals surface area (Å²) in [5.74, 6) is 0.220. The maximum atomic E-state index is 11.7. The Labute approximate surface area is 98.4 Å². The first-order valence-corrected chi connectivity index (χ1v) is 6.02. The van der Waals surface area contributed by atoms with Crippen LogP contribution in [0.1, 0.15) is 43.7 Å². The molecule has 1 heterocycles. The lowest BCUT2D eigenvalue weighted by Gasteiger charge is -2.14. The Morgan fingerprint density at radius 3 is 2.73 bits per heavy atom. The van der Waals surface area contributed by atoms with Crippen molar-refractivity contribution in [2.24, 2.45) is 0 Å². The number of halogens is 1. The van der Waals surface area contributed by atoms with Gasteiger partial charge in [0.2, 0.25) is 0 Å². The highest BCUT2D eigenvalue weighted by atomic mass is 79.9. The van der Waals surface area contributed by atoms with Gasteiger partial charge in [0.25, 0.3) is 5.91 Å². The van der Waals surface area contributed by atoms with E-state index in [1.807, 2.05) is 0 Å². The van der Waals surface area contributed by atoms with Gasteiger partial charge in [-0.1, -0.05) is 20.3 Å². The molecule has 1 atom stereocenters. The summed E-state index contributed by atoms with van der Waals surface area (Å²) >= 11 is 3.17. The van der Waals surface area contributed by atoms with Gasteiger partial charge in [-0.15, -0.1) is 0 Å². The predicted molar refractivity (Wildman–Crippen MR) is 62.9 cm³/mol. The van der Waals surface area contributed by atoms with Gasteiger partial charge in [-0.25, -0.2) is 0 Å². The van der Waals surface area contributed by atoms with Crippen molar-refractivity contribution in [1.82, 2.24) is 5.32 Å². The highest BCUT2D eigenvalue weighted by Gasteiger charge is 2.14. The minimum Gasteiger partial charge on any atom is -0.444 e. The maximum Gasteiger partial charge on any atom is 0.287 e. The Kier molecular flexibility index (Phi) is 4.88. The lowest BCUT2D eigenvalue weighted by Crippen LogP contribution is -2.33. The van der Waals surface area contributed by atoms with E-state index in [9.17, 15) is 4.79 Å². The highest BCUT2D eigenvalue weighted by molar-refractivity contribution is 9.10. The molecule has 0 saturated carbocycles. The second kappa shape index (κ2) is 5.95. The van der Waals surface area contributed by atoms with Gasteiger partial charge in [0.05, 0.1) is 0 Å². The second-order valence-corrected chi connectivity index (χ2v) is 4.25. The molecule has 0 saturated heterocycles. The molecule has 4 heteroatoms. The standard InChI is InChI=1S/C11H16BrNO2/c1-3-5-8(4-2)13-11(14)9-6-7-10(12)15-9/h6-8H,3-5H2,1-2H3,(H,13,14). The first-order chi connectivity index (χ1) is 7.17. The van der Waals surface area contributed by atoms with Crippen molar-refractivity contribution in [3.8, 4) is 0 Å². The highest BCUT2D eigenvalue weighted by Crippen LogP contribution is 2.14. The number of nitrogens with one attached hydrogen (secondary N) is 1. The van der Waals surface area contributed by atoms with Crippen LogP contribution in [0.15, 0.2) is 21.2 Å². The molecular weight excluding hydrogens is 258 g/mol. The van der Waals surface area contributed by atoms with Crippen LogP contribution in [0.3, 0.4) is 0 Å². The van der Waals surface area contributed by atoms with Gasteiger partial charge in [0, 0.05) is 6.04 Å². The topological polar surface area (TPSA) is 42.2 Å². The van der Waals surface area contributed by atoms with Gasteiger partial charge in [-0.3, -0.25) is 4.79 Å². The average molecular weight is 274 g/mol. The van der Waals surface area contributed by atoms with E-state index in [-0.39, 0.29) is 11.9 Å². The summed E-state index contributed by atoms with van der Waals surface area (Å²) in [7, 11) is 0. The zero-order valence-electron chi connectivity index (χ0n) is 9.05. The van der Waals surface area contributed by atoms with Crippen LogP contribution >= 0.6 is 15.9 Å². The Balaban J connectivity index is 2.54. The smallest absolute Gasteiger partial charge is 0.287 e. The molecule has 1 aromatic rings. The van der Waals surface area contributed by atoms with Gasteiger partial charge in [0.15, 0.2) is 10.4 Å². The monoisotopic (exact) mass is 273 g/mol. The summed E-state index contributed by atoms with van der Waals surface area (Å²) in [6.07, 6.45) is 3.02. The number of hydrogen-bond acceptors (Lipinski definition) is 2. The number of carbonyl (C=O) groups excluding carboxylic acids is 1. The normalized spacial score (nSPS) is 12.5. The summed E-state index contributed by atoms with van der Waals surface area (Å²) in [6.45, 7) is 4.18. The van der Waals surface area contributed by atoms with Crippen molar-refractivity contribution in [2.75, 3.05) is 0 Å². The first-order valence-electron chi connectivity index (χ1n) is 5.23. The van der Waals surface area contributed by atoms with E-state index in [4.69, 9.17) is 4.42 Å². The number of amides is 1. The average Bonchev–Trinajstić information content (AvgIpc) is 2.64. The van der Waals surface area contributed by atoms with Crippen LogP contribution in [-0.2, 0) is 0 Å². The quantitative estimate of drug-likeness (QED) is 0.894. The molecule has 0 aliphatic rings. The molecule has 0 fully saturated rings. The van der Waals surface area contributed by atoms with Crippen LogP contribution in [0.2, 0.25) is 0 Å². The number of carbonyl (C=O) groups is 1. The maximum absolute atomic E-state index is 11.7. The molecule has 1 unspecified atom stereocenters. The first kappa shape index (κ1) is 12.3. The fourth-order valence-electron chi connectivity index (χ4n) is 1.42. The zero-order chi connectivity index (χ0) is 11.3. The zero-order valence-corrected chi connectivity index (χ0v) is 10.6. The van der Waals surface area contributed by atoms with Crippen molar-refractivity contribution in [3.05, 3.63) is 22.6 Å². The molecule has 3 nitrogen and oxygen atoms in total. The molecule has 1 N–H and O–H groups in total. The molecule has 1 amide bonds. The minimum absolute atomic E-state index is 0.138. The van der Waals surface area contributed by atoms with E-state index < -0.39 is 0 Å². The molecule has 15 heavy (non-hydrogen) atoms. The number of hydrogen-bond donors (Lipinski definition) is 1. The molecule has 0 spiro atoms. The van der Waals surface area contributed by atoms with Crippen LogP contribution in [0, 0.1) is 0 Å². The molecule has 0 aliphatic carbocycles. The van der Waals surface area contributed by atoms with Crippen LogP contribution in [-0.4, -0.2) is 11.9 Å². The summed E-state index contributed by atoms with van der Waals surface area (Å²) < 4.78 is 5.75. The molecule has 0 radical (unpaired) electrons. The third-order valence-electron chi connectivity index (χ3n) is 2.26. The van der Waals surface area contributed by atoms with Gasteiger partial charge in [-0.05, 0) is 40.9 Å².